The molecular formula is C17H23NO2. The molecule has 3 nitrogen and oxygen atoms in total. The van der Waals surface area contributed by atoms with Crippen LogP contribution in [0.5, 0.6) is 0 Å². The van der Waals surface area contributed by atoms with E-state index < -0.39 is 0 Å². The molecule has 2 fully saturated rings. The highest BCUT2D eigenvalue weighted by molar-refractivity contribution is 5.77. The van der Waals surface area contributed by atoms with Crippen LogP contribution in [0, 0.1) is 11.3 Å². The predicted molar refractivity (Wildman–Crippen MR) is 78.1 cm³/mol. The maximum atomic E-state index is 11.8. The van der Waals surface area contributed by atoms with E-state index in [0.717, 1.165) is 38.9 Å². The van der Waals surface area contributed by atoms with Gasteiger partial charge in [0.1, 0.15) is 0 Å². The van der Waals surface area contributed by atoms with Crippen molar-refractivity contribution in [2.75, 3.05) is 19.7 Å². The standard InChI is InChI=1S/C17H23NO2/c1-2-20-16(19)15-12-17(15)8-10-18(11-9-17)13-14-6-4-3-5-7-14/h3-7,15H,2,8-13H2,1H3. The van der Waals surface area contributed by atoms with Gasteiger partial charge in [0.15, 0.2) is 0 Å². The largest absolute Gasteiger partial charge is 0.466 e. The van der Waals surface area contributed by atoms with Gasteiger partial charge in [0, 0.05) is 6.54 Å². The number of piperidine rings is 1. The summed E-state index contributed by atoms with van der Waals surface area (Å²) < 4.78 is 5.16. The molecule has 108 valence electrons. The van der Waals surface area contributed by atoms with Crippen LogP contribution in [0.3, 0.4) is 0 Å². The Balaban J connectivity index is 1.50. The number of carbonyl (C=O) groups excluding carboxylic acids is 1. The van der Waals surface area contributed by atoms with Gasteiger partial charge in [-0.2, -0.15) is 0 Å². The zero-order valence-corrected chi connectivity index (χ0v) is 12.2. The van der Waals surface area contributed by atoms with Crippen LogP contribution in [-0.2, 0) is 16.1 Å². The van der Waals surface area contributed by atoms with Crippen LogP contribution < -0.4 is 0 Å². The molecule has 1 aliphatic heterocycles. The Bertz CT molecular complexity index is 463. The molecule has 1 aromatic rings. The average Bonchev–Trinajstić information content (AvgIpc) is 3.17. The summed E-state index contributed by atoms with van der Waals surface area (Å²) in [6.45, 7) is 5.62. The summed E-state index contributed by atoms with van der Waals surface area (Å²) in [6.07, 6.45) is 3.33. The molecular weight excluding hydrogens is 250 g/mol. The average molecular weight is 273 g/mol. The molecule has 3 heteroatoms. The Hall–Kier alpha value is -1.35. The summed E-state index contributed by atoms with van der Waals surface area (Å²) in [5.41, 5.74) is 1.65. The highest BCUT2D eigenvalue weighted by atomic mass is 16.5. The molecule has 3 rings (SSSR count). The SMILES string of the molecule is CCOC(=O)C1CC12CCN(Cc1ccccc1)CC2. The maximum Gasteiger partial charge on any atom is 0.309 e. The van der Waals surface area contributed by atoms with Crippen molar-refractivity contribution in [2.24, 2.45) is 11.3 Å². The van der Waals surface area contributed by atoms with Crippen LogP contribution in [0.2, 0.25) is 0 Å². The number of nitrogens with zero attached hydrogens (tertiary/aromatic N) is 1. The van der Waals surface area contributed by atoms with Gasteiger partial charge in [-0.05, 0) is 50.3 Å². The van der Waals surface area contributed by atoms with Crippen LogP contribution >= 0.6 is 0 Å². The van der Waals surface area contributed by atoms with E-state index in [0.29, 0.717) is 6.61 Å². The Morgan fingerprint density at radius 3 is 2.65 bits per heavy atom. The van der Waals surface area contributed by atoms with Gasteiger partial charge in [-0.3, -0.25) is 9.69 Å². The summed E-state index contributed by atoms with van der Waals surface area (Å²) in [5.74, 6) is 0.213. The minimum Gasteiger partial charge on any atom is -0.466 e. The quantitative estimate of drug-likeness (QED) is 0.790. The third-order valence-corrected chi connectivity index (χ3v) is 4.86. The van der Waals surface area contributed by atoms with Crippen molar-refractivity contribution in [2.45, 2.75) is 32.7 Å². The first-order valence-corrected chi connectivity index (χ1v) is 7.66. The Labute approximate surface area is 120 Å². The number of rotatable bonds is 4. The molecule has 0 bridgehead atoms. The molecule has 1 spiro atoms. The summed E-state index contributed by atoms with van der Waals surface area (Å²) in [4.78, 5) is 14.3. The van der Waals surface area contributed by atoms with E-state index in [1.165, 1.54) is 5.56 Å². The lowest BCUT2D eigenvalue weighted by Crippen LogP contribution is -2.35. The van der Waals surface area contributed by atoms with E-state index in [1.807, 2.05) is 6.92 Å². The van der Waals surface area contributed by atoms with Crippen molar-refractivity contribution in [3.8, 4) is 0 Å². The van der Waals surface area contributed by atoms with Gasteiger partial charge in [0.2, 0.25) is 0 Å². The van der Waals surface area contributed by atoms with Gasteiger partial charge in [-0.25, -0.2) is 0 Å². The highest BCUT2D eigenvalue weighted by Crippen LogP contribution is 2.59. The number of ether oxygens (including phenoxy) is 1. The first-order chi connectivity index (χ1) is 9.73. The third kappa shape index (κ3) is 2.73. The Morgan fingerprint density at radius 1 is 1.30 bits per heavy atom. The lowest BCUT2D eigenvalue weighted by molar-refractivity contribution is -0.146. The molecule has 2 aliphatic rings. The van der Waals surface area contributed by atoms with Gasteiger partial charge in [-0.1, -0.05) is 30.3 Å². The summed E-state index contributed by atoms with van der Waals surface area (Å²) >= 11 is 0. The fourth-order valence-corrected chi connectivity index (χ4v) is 3.47. The third-order valence-electron chi connectivity index (χ3n) is 4.86. The van der Waals surface area contributed by atoms with Gasteiger partial charge in [0.05, 0.1) is 12.5 Å². The summed E-state index contributed by atoms with van der Waals surface area (Å²) in [6, 6.07) is 10.6. The van der Waals surface area contributed by atoms with Crippen molar-refractivity contribution >= 4 is 5.97 Å². The predicted octanol–water partition coefficient (Wildman–Crippen LogP) is 2.85. The summed E-state index contributed by atoms with van der Waals surface area (Å²) in [7, 11) is 0. The van der Waals surface area contributed by atoms with E-state index >= 15 is 0 Å². The molecule has 0 amide bonds. The lowest BCUT2D eigenvalue weighted by Gasteiger charge is -2.32. The number of benzene rings is 1. The number of carbonyl (C=O) groups is 1. The lowest BCUT2D eigenvalue weighted by atomic mass is 9.90. The van der Waals surface area contributed by atoms with Crippen molar-refractivity contribution in [1.29, 1.82) is 0 Å². The number of hydrogen-bond acceptors (Lipinski definition) is 3. The van der Waals surface area contributed by atoms with E-state index in [4.69, 9.17) is 4.74 Å². The zero-order chi connectivity index (χ0) is 14.0. The Kier molecular flexibility index (Phi) is 3.79. The first-order valence-electron chi connectivity index (χ1n) is 7.66. The first kappa shape index (κ1) is 13.6. The van der Waals surface area contributed by atoms with Gasteiger partial charge in [-0.15, -0.1) is 0 Å². The van der Waals surface area contributed by atoms with Crippen LogP contribution in [0.4, 0.5) is 0 Å². The molecule has 1 heterocycles. The number of hydrogen-bond donors (Lipinski definition) is 0. The number of likely N-dealkylation sites (tertiary alicyclic amines) is 1. The summed E-state index contributed by atoms with van der Waals surface area (Å²) in [5, 5.41) is 0. The van der Waals surface area contributed by atoms with E-state index in [1.54, 1.807) is 0 Å². The minimum atomic E-state index is 0.0315. The van der Waals surface area contributed by atoms with Gasteiger partial charge < -0.3 is 4.74 Å². The Morgan fingerprint density at radius 2 is 2.00 bits per heavy atom. The second kappa shape index (κ2) is 5.57. The van der Waals surface area contributed by atoms with Crippen LogP contribution in [0.25, 0.3) is 0 Å². The number of esters is 1. The van der Waals surface area contributed by atoms with E-state index in [-0.39, 0.29) is 17.3 Å². The normalized spacial score (nSPS) is 24.6. The smallest absolute Gasteiger partial charge is 0.309 e. The molecule has 1 saturated carbocycles. The zero-order valence-electron chi connectivity index (χ0n) is 12.2. The minimum absolute atomic E-state index is 0.0315. The molecule has 0 aromatic heterocycles. The van der Waals surface area contributed by atoms with Crippen LogP contribution in [0.15, 0.2) is 30.3 Å². The van der Waals surface area contributed by atoms with Crippen molar-refractivity contribution in [1.82, 2.24) is 4.90 Å². The van der Waals surface area contributed by atoms with E-state index in [2.05, 4.69) is 35.2 Å². The molecule has 0 N–H and O–H groups in total. The fraction of sp³-hybridized carbons (Fsp3) is 0.588. The van der Waals surface area contributed by atoms with Crippen molar-refractivity contribution in [3.63, 3.8) is 0 Å². The molecule has 1 saturated heterocycles. The van der Waals surface area contributed by atoms with Gasteiger partial charge in [0.25, 0.3) is 0 Å². The monoisotopic (exact) mass is 273 g/mol. The molecule has 1 aromatic carbocycles. The highest BCUT2D eigenvalue weighted by Gasteiger charge is 2.59. The fourth-order valence-electron chi connectivity index (χ4n) is 3.47. The molecule has 1 aliphatic carbocycles. The molecule has 20 heavy (non-hydrogen) atoms. The molecule has 1 unspecified atom stereocenters. The van der Waals surface area contributed by atoms with E-state index in [9.17, 15) is 4.79 Å². The topological polar surface area (TPSA) is 29.5 Å². The molecule has 1 atom stereocenters. The molecule has 0 radical (unpaired) electrons. The van der Waals surface area contributed by atoms with Crippen molar-refractivity contribution < 1.29 is 9.53 Å². The van der Waals surface area contributed by atoms with Crippen LogP contribution in [-0.4, -0.2) is 30.6 Å². The maximum absolute atomic E-state index is 11.8. The van der Waals surface area contributed by atoms with Gasteiger partial charge >= 0.3 is 5.97 Å². The van der Waals surface area contributed by atoms with Crippen molar-refractivity contribution in [3.05, 3.63) is 35.9 Å². The van der Waals surface area contributed by atoms with Crippen LogP contribution in [0.1, 0.15) is 31.7 Å². The second-order valence-corrected chi connectivity index (χ2v) is 6.13. The second-order valence-electron chi connectivity index (χ2n) is 6.13.